The van der Waals surface area contributed by atoms with Crippen molar-refractivity contribution in [3.05, 3.63) is 161 Å². The Morgan fingerprint density at radius 1 is 0.321 bits per heavy atom. The van der Waals surface area contributed by atoms with Crippen molar-refractivity contribution in [3.63, 3.8) is 0 Å². The molecule has 0 spiro atoms. The van der Waals surface area contributed by atoms with E-state index in [4.69, 9.17) is 0 Å². The second kappa shape index (κ2) is 30.5. The second-order valence-electron chi connectivity index (χ2n) is 21.9. The van der Waals surface area contributed by atoms with Crippen LogP contribution in [0.4, 0.5) is 0 Å². The van der Waals surface area contributed by atoms with Crippen LogP contribution in [0.3, 0.4) is 0 Å². The summed E-state index contributed by atoms with van der Waals surface area (Å²) in [4.78, 5) is 84.7. The van der Waals surface area contributed by atoms with Gasteiger partial charge in [0, 0.05) is 11.1 Å². The lowest BCUT2D eigenvalue weighted by Crippen LogP contribution is -2.24. The van der Waals surface area contributed by atoms with Crippen LogP contribution in [0, 0.1) is 0 Å². The lowest BCUT2D eigenvalue weighted by atomic mass is 9.89. The van der Waals surface area contributed by atoms with Crippen LogP contribution in [0.25, 0.3) is 55.2 Å². The van der Waals surface area contributed by atoms with Gasteiger partial charge in [-0.2, -0.15) is 0 Å². The standard InChI is InChI=1S/C68H84N2O8/c1-3-5-7-9-11-13-15-17-19-21-23-25-27-29-31-49-33-45-55(46-34-49)69-63(71)59-57(51-37-41-53(42-38-51)67(75)76)61-62(58(60(59)64(69)72)52-39-43-54(44-40-52)68(77)78)66(74)70(65(61)73)56-47-35-50(36-48-56)32-30-28-26-24-22-20-18-16-14-12-10-8-6-4-2/h33-48H,3-32H2,1-2H3,(H,75,76)(H,77,78). The summed E-state index contributed by atoms with van der Waals surface area (Å²) < 4.78 is 2.15. The topological polar surface area (TPSA) is 153 Å². The van der Waals surface area contributed by atoms with Gasteiger partial charge in [0.25, 0.3) is 22.2 Å². The largest absolute Gasteiger partial charge is 0.478 e. The maximum atomic E-state index is 15.2. The number of aromatic carboxylic acids is 2. The molecule has 414 valence electrons. The summed E-state index contributed by atoms with van der Waals surface area (Å²) in [5.41, 5.74) is 0.564. The summed E-state index contributed by atoms with van der Waals surface area (Å²) >= 11 is 0. The van der Waals surface area contributed by atoms with Gasteiger partial charge in [0.1, 0.15) is 0 Å². The van der Waals surface area contributed by atoms with Crippen LogP contribution in [0.5, 0.6) is 0 Å². The molecule has 0 atom stereocenters. The number of aromatic nitrogens is 2. The normalized spacial score (nSPS) is 11.6. The van der Waals surface area contributed by atoms with E-state index in [0.29, 0.717) is 11.4 Å². The van der Waals surface area contributed by atoms with Gasteiger partial charge in [-0.05, 0) is 96.5 Å². The minimum Gasteiger partial charge on any atom is -0.478 e. The third-order valence-electron chi connectivity index (χ3n) is 16.0. The number of carboxylic acids is 2. The third-order valence-corrected chi connectivity index (χ3v) is 16.0. The molecular weight excluding hydrogens is 973 g/mol. The van der Waals surface area contributed by atoms with E-state index in [1.54, 1.807) is 24.3 Å². The number of rotatable bonds is 36. The Balaban J connectivity index is 1.14. The molecule has 0 aliphatic rings. The number of carboxylic acid groups (broad SMARTS) is 2. The van der Waals surface area contributed by atoms with Gasteiger partial charge in [-0.3, -0.25) is 19.2 Å². The van der Waals surface area contributed by atoms with Crippen LogP contribution >= 0.6 is 0 Å². The first kappa shape index (κ1) is 59.0. The molecule has 2 aromatic heterocycles. The van der Waals surface area contributed by atoms with Crippen LogP contribution in [0.1, 0.15) is 225 Å². The van der Waals surface area contributed by atoms with Crippen molar-refractivity contribution in [2.24, 2.45) is 0 Å². The van der Waals surface area contributed by atoms with E-state index in [9.17, 15) is 19.8 Å². The summed E-state index contributed by atoms with van der Waals surface area (Å²) in [5, 5.41) is 19.3. The monoisotopic (exact) mass is 1060 g/mol. The van der Waals surface area contributed by atoms with Crippen LogP contribution in [0.2, 0.25) is 0 Å². The average Bonchev–Trinajstić information content (AvgIpc) is 4.12. The molecule has 0 saturated heterocycles. The molecular formula is C68H84N2O8. The van der Waals surface area contributed by atoms with Gasteiger partial charge < -0.3 is 10.2 Å². The van der Waals surface area contributed by atoms with Gasteiger partial charge in [0.15, 0.2) is 0 Å². The number of carbonyl (C=O) groups is 2. The Morgan fingerprint density at radius 2 is 0.551 bits per heavy atom. The fourth-order valence-electron chi connectivity index (χ4n) is 11.5. The van der Waals surface area contributed by atoms with Gasteiger partial charge >= 0.3 is 11.9 Å². The Labute approximate surface area is 461 Å². The summed E-state index contributed by atoms with van der Waals surface area (Å²) in [6, 6.07) is 26.1. The number of fused-ring (bicyclic) bond motifs is 2. The van der Waals surface area contributed by atoms with Crippen molar-refractivity contribution < 1.29 is 19.8 Å². The lowest BCUT2D eigenvalue weighted by molar-refractivity contribution is 0.0686. The summed E-state index contributed by atoms with van der Waals surface area (Å²) in [6.07, 6.45) is 37.4. The summed E-state index contributed by atoms with van der Waals surface area (Å²) in [5.74, 6) is -2.35. The van der Waals surface area contributed by atoms with Crippen LogP contribution < -0.4 is 22.2 Å². The first-order valence-corrected chi connectivity index (χ1v) is 29.9. The minimum absolute atomic E-state index is 0.0291. The van der Waals surface area contributed by atoms with E-state index in [2.05, 4.69) is 13.8 Å². The molecule has 0 unspecified atom stereocenters. The molecule has 7 rings (SSSR count). The smallest absolute Gasteiger partial charge is 0.335 e. The zero-order chi connectivity index (χ0) is 55.2. The fraction of sp³-hybridized carbons (Fsp3) is 0.471. The molecule has 10 nitrogen and oxygen atoms in total. The molecule has 0 radical (unpaired) electrons. The highest BCUT2D eigenvalue weighted by Crippen LogP contribution is 2.40. The van der Waals surface area contributed by atoms with Gasteiger partial charge in [0.05, 0.1) is 44.0 Å². The number of aryl methyl sites for hydroxylation is 2. The van der Waals surface area contributed by atoms with Crippen molar-refractivity contribution >= 4 is 33.5 Å². The SMILES string of the molecule is CCCCCCCCCCCCCCCCc1ccc(-n2c(=O)c3c(-c4ccc(C(=O)O)cc4)c4c(=O)n(-c5ccc(CCCCCCCCCCCCCCCC)cc5)c(=O)c4c(-c4ccc(C(=O)O)cc4)c3c2=O)cc1. The lowest BCUT2D eigenvalue weighted by Gasteiger charge is -2.11. The Kier molecular flexibility index (Phi) is 23.0. The summed E-state index contributed by atoms with van der Waals surface area (Å²) in [7, 11) is 0. The van der Waals surface area contributed by atoms with E-state index in [1.165, 1.54) is 203 Å². The predicted octanol–water partition coefficient (Wildman–Crippen LogP) is 16.7. The minimum atomic E-state index is -1.17. The van der Waals surface area contributed by atoms with Crippen molar-refractivity contribution in [2.75, 3.05) is 0 Å². The Morgan fingerprint density at radius 3 is 0.782 bits per heavy atom. The zero-order valence-electron chi connectivity index (χ0n) is 46.7. The molecule has 2 heterocycles. The molecule has 2 N–H and O–H groups in total. The van der Waals surface area contributed by atoms with Crippen molar-refractivity contribution in [1.82, 2.24) is 9.13 Å². The number of nitrogens with zero attached hydrogens (tertiary/aromatic N) is 2. The van der Waals surface area contributed by atoms with Crippen molar-refractivity contribution in [2.45, 2.75) is 206 Å². The van der Waals surface area contributed by atoms with E-state index in [0.717, 1.165) is 58.8 Å². The van der Waals surface area contributed by atoms with Gasteiger partial charge in [-0.15, -0.1) is 0 Å². The number of benzene rings is 5. The zero-order valence-corrected chi connectivity index (χ0v) is 46.7. The molecule has 7 aromatic rings. The van der Waals surface area contributed by atoms with Crippen LogP contribution in [-0.2, 0) is 12.8 Å². The quantitative estimate of drug-likeness (QED) is 0.0368. The maximum Gasteiger partial charge on any atom is 0.335 e. The average molecular weight is 1060 g/mol. The molecule has 0 aliphatic heterocycles. The second-order valence-corrected chi connectivity index (χ2v) is 21.9. The molecule has 0 bridgehead atoms. The van der Waals surface area contributed by atoms with Crippen molar-refractivity contribution in [1.29, 1.82) is 0 Å². The molecule has 0 aliphatic carbocycles. The third kappa shape index (κ3) is 15.3. The first-order chi connectivity index (χ1) is 38.0. The van der Waals surface area contributed by atoms with Gasteiger partial charge in [-0.25, -0.2) is 18.7 Å². The van der Waals surface area contributed by atoms with Crippen LogP contribution in [-0.4, -0.2) is 31.3 Å². The molecule has 78 heavy (non-hydrogen) atoms. The number of hydrogen-bond acceptors (Lipinski definition) is 6. The highest BCUT2D eigenvalue weighted by Gasteiger charge is 2.31. The van der Waals surface area contributed by atoms with E-state index < -0.39 is 34.2 Å². The summed E-state index contributed by atoms with van der Waals surface area (Å²) in [6.45, 7) is 4.51. The first-order valence-electron chi connectivity index (χ1n) is 29.9. The molecule has 0 saturated carbocycles. The maximum absolute atomic E-state index is 15.2. The Hall–Kier alpha value is -6.68. The number of unbranched alkanes of at least 4 members (excludes halogenated alkanes) is 26. The van der Waals surface area contributed by atoms with E-state index in [-0.39, 0.29) is 54.9 Å². The molecule has 5 aromatic carbocycles. The predicted molar refractivity (Wildman–Crippen MR) is 320 cm³/mol. The Bertz CT molecular complexity index is 2930. The van der Waals surface area contributed by atoms with E-state index >= 15 is 19.2 Å². The fourth-order valence-corrected chi connectivity index (χ4v) is 11.5. The molecule has 10 heteroatoms. The van der Waals surface area contributed by atoms with Gasteiger partial charge in [-0.1, -0.05) is 229 Å². The van der Waals surface area contributed by atoms with E-state index in [1.807, 2.05) is 24.3 Å². The van der Waals surface area contributed by atoms with Crippen LogP contribution in [0.15, 0.2) is 116 Å². The highest BCUT2D eigenvalue weighted by molar-refractivity contribution is 6.21. The molecule has 0 fully saturated rings. The van der Waals surface area contributed by atoms with Gasteiger partial charge in [0.2, 0.25) is 0 Å². The molecule has 0 amide bonds. The highest BCUT2D eigenvalue weighted by atomic mass is 16.4. The van der Waals surface area contributed by atoms with Crippen molar-refractivity contribution in [3.8, 4) is 33.6 Å². The number of hydrogen-bond donors (Lipinski definition) is 2.